The molecule has 1 aliphatic heterocycles. The van der Waals surface area contributed by atoms with Crippen LogP contribution in [-0.2, 0) is 0 Å². The zero-order valence-corrected chi connectivity index (χ0v) is 11.3. The molecule has 19 heavy (non-hydrogen) atoms. The fraction of sp³-hybridized carbons (Fsp3) is 0.571. The Balaban J connectivity index is 2.13. The molecule has 2 rings (SSSR count). The Bertz CT molecular complexity index is 417. The van der Waals surface area contributed by atoms with E-state index in [1.54, 1.807) is 6.07 Å². The molecule has 1 aliphatic rings. The van der Waals surface area contributed by atoms with Crippen molar-refractivity contribution in [1.29, 1.82) is 0 Å². The van der Waals surface area contributed by atoms with Gasteiger partial charge in [-0.1, -0.05) is 6.07 Å². The maximum Gasteiger partial charge on any atom is 0.130 e. The molecule has 0 aliphatic carbocycles. The number of rotatable bonds is 4. The average molecular weight is 267 g/mol. The lowest BCUT2D eigenvalue weighted by Gasteiger charge is -2.37. The monoisotopic (exact) mass is 267 g/mol. The molecule has 1 aromatic rings. The van der Waals surface area contributed by atoms with Gasteiger partial charge >= 0.3 is 0 Å². The van der Waals surface area contributed by atoms with E-state index >= 15 is 0 Å². The van der Waals surface area contributed by atoms with E-state index in [1.165, 1.54) is 6.07 Å². The Morgan fingerprint density at radius 3 is 2.58 bits per heavy atom. The summed E-state index contributed by atoms with van der Waals surface area (Å²) < 4.78 is 13.9. The van der Waals surface area contributed by atoms with Crippen LogP contribution in [0.3, 0.4) is 0 Å². The highest BCUT2D eigenvalue weighted by molar-refractivity contribution is 5.55. The van der Waals surface area contributed by atoms with Crippen molar-refractivity contribution in [2.75, 3.05) is 44.2 Å². The van der Waals surface area contributed by atoms with Gasteiger partial charge in [-0.3, -0.25) is 4.90 Å². The minimum Gasteiger partial charge on any atom is -0.395 e. The van der Waals surface area contributed by atoms with Crippen LogP contribution < -0.4 is 10.6 Å². The van der Waals surface area contributed by atoms with Gasteiger partial charge in [-0.15, -0.1) is 0 Å². The second-order valence-corrected chi connectivity index (χ2v) is 5.01. The van der Waals surface area contributed by atoms with Gasteiger partial charge in [0.1, 0.15) is 5.82 Å². The van der Waals surface area contributed by atoms with E-state index in [9.17, 15) is 4.39 Å². The van der Waals surface area contributed by atoms with Crippen LogP contribution in [0.15, 0.2) is 18.2 Å². The van der Waals surface area contributed by atoms with Crippen molar-refractivity contribution in [3.63, 3.8) is 0 Å². The van der Waals surface area contributed by atoms with Gasteiger partial charge in [-0.05, 0) is 19.1 Å². The summed E-state index contributed by atoms with van der Waals surface area (Å²) in [6.07, 6.45) is 0. The number of anilines is 1. The number of aliphatic hydroxyl groups excluding tert-OH is 1. The Morgan fingerprint density at radius 2 is 2.00 bits per heavy atom. The average Bonchev–Trinajstić information content (AvgIpc) is 2.39. The van der Waals surface area contributed by atoms with Crippen LogP contribution in [0.1, 0.15) is 18.5 Å². The molecule has 1 fully saturated rings. The minimum atomic E-state index is -0.313. The summed E-state index contributed by atoms with van der Waals surface area (Å²) in [6.45, 7) is 6.14. The SMILES string of the molecule is C[C@H](N)c1c(F)cccc1N1CCN(CCO)CC1. The quantitative estimate of drug-likeness (QED) is 0.853. The normalized spacial score (nSPS) is 18.6. The van der Waals surface area contributed by atoms with Crippen molar-refractivity contribution >= 4 is 5.69 Å². The summed E-state index contributed by atoms with van der Waals surface area (Å²) >= 11 is 0. The Labute approximate surface area is 113 Å². The molecule has 1 saturated heterocycles. The van der Waals surface area contributed by atoms with E-state index < -0.39 is 0 Å². The Hall–Kier alpha value is -1.17. The van der Waals surface area contributed by atoms with Gasteiger partial charge in [0, 0.05) is 50.0 Å². The smallest absolute Gasteiger partial charge is 0.130 e. The van der Waals surface area contributed by atoms with E-state index in [4.69, 9.17) is 10.8 Å². The van der Waals surface area contributed by atoms with E-state index in [0.717, 1.165) is 31.9 Å². The number of aliphatic hydroxyl groups is 1. The van der Waals surface area contributed by atoms with Crippen molar-refractivity contribution in [2.45, 2.75) is 13.0 Å². The molecule has 0 radical (unpaired) electrons. The predicted octanol–water partition coefficient (Wildman–Crippen LogP) is 0.960. The third kappa shape index (κ3) is 3.23. The summed E-state index contributed by atoms with van der Waals surface area (Å²) in [6, 6.07) is 4.82. The maximum absolute atomic E-state index is 13.9. The molecular weight excluding hydrogens is 245 g/mol. The molecule has 4 nitrogen and oxygen atoms in total. The van der Waals surface area contributed by atoms with E-state index in [2.05, 4.69) is 9.80 Å². The molecule has 0 amide bonds. The summed E-state index contributed by atoms with van der Waals surface area (Å²) in [7, 11) is 0. The Morgan fingerprint density at radius 1 is 1.32 bits per heavy atom. The number of β-amino-alcohol motifs (C(OH)–C–C–N with tert-alkyl or cyclic N) is 1. The number of nitrogens with two attached hydrogens (primary N) is 1. The summed E-state index contributed by atoms with van der Waals surface area (Å²) in [4.78, 5) is 4.39. The van der Waals surface area contributed by atoms with Gasteiger partial charge < -0.3 is 15.7 Å². The highest BCUT2D eigenvalue weighted by Crippen LogP contribution is 2.28. The number of piperazine rings is 1. The first-order chi connectivity index (χ1) is 9.13. The largest absolute Gasteiger partial charge is 0.395 e. The predicted molar refractivity (Wildman–Crippen MR) is 74.7 cm³/mol. The summed E-state index contributed by atoms with van der Waals surface area (Å²) in [5, 5.41) is 8.93. The molecule has 3 N–H and O–H groups in total. The highest BCUT2D eigenvalue weighted by Gasteiger charge is 2.21. The van der Waals surface area contributed by atoms with Crippen LogP contribution >= 0.6 is 0 Å². The second kappa shape index (κ2) is 6.32. The molecule has 1 atom stereocenters. The fourth-order valence-electron chi connectivity index (χ4n) is 2.61. The van der Waals surface area contributed by atoms with Crippen molar-refractivity contribution < 1.29 is 9.50 Å². The molecule has 1 aromatic carbocycles. The van der Waals surface area contributed by atoms with Gasteiger partial charge in [0.05, 0.1) is 6.61 Å². The molecule has 106 valence electrons. The lowest BCUT2D eigenvalue weighted by Crippen LogP contribution is -2.47. The van der Waals surface area contributed by atoms with Crippen LogP contribution in [0.4, 0.5) is 10.1 Å². The van der Waals surface area contributed by atoms with Crippen molar-refractivity contribution in [3.05, 3.63) is 29.6 Å². The highest BCUT2D eigenvalue weighted by atomic mass is 19.1. The first kappa shape index (κ1) is 14.2. The topological polar surface area (TPSA) is 52.7 Å². The van der Waals surface area contributed by atoms with Gasteiger partial charge in [0.25, 0.3) is 0 Å². The molecule has 0 bridgehead atoms. The number of halogens is 1. The minimum absolute atomic E-state index is 0.186. The van der Waals surface area contributed by atoms with Gasteiger partial charge in [0.15, 0.2) is 0 Å². The third-order valence-corrected chi connectivity index (χ3v) is 3.61. The van der Waals surface area contributed by atoms with Gasteiger partial charge in [-0.2, -0.15) is 0 Å². The summed E-state index contributed by atoms with van der Waals surface area (Å²) in [5.74, 6) is -0.231. The summed E-state index contributed by atoms with van der Waals surface area (Å²) in [5.41, 5.74) is 7.38. The van der Waals surface area contributed by atoms with E-state index in [1.807, 2.05) is 13.0 Å². The second-order valence-electron chi connectivity index (χ2n) is 5.01. The number of hydrogen-bond acceptors (Lipinski definition) is 4. The lowest BCUT2D eigenvalue weighted by molar-refractivity contribution is 0.188. The Kier molecular flexibility index (Phi) is 4.74. The van der Waals surface area contributed by atoms with E-state index in [0.29, 0.717) is 12.1 Å². The first-order valence-electron chi connectivity index (χ1n) is 6.75. The number of hydrogen-bond donors (Lipinski definition) is 2. The van der Waals surface area contributed by atoms with Crippen LogP contribution in [0.25, 0.3) is 0 Å². The fourth-order valence-corrected chi connectivity index (χ4v) is 2.61. The molecule has 1 heterocycles. The lowest BCUT2D eigenvalue weighted by atomic mass is 10.0. The zero-order valence-electron chi connectivity index (χ0n) is 11.3. The number of nitrogens with zero attached hydrogens (tertiary/aromatic N) is 2. The van der Waals surface area contributed by atoms with Crippen LogP contribution in [0, 0.1) is 5.82 Å². The van der Waals surface area contributed by atoms with Gasteiger partial charge in [0.2, 0.25) is 0 Å². The molecule has 0 saturated carbocycles. The molecule has 0 unspecified atom stereocenters. The van der Waals surface area contributed by atoms with Crippen molar-refractivity contribution in [1.82, 2.24) is 4.90 Å². The van der Waals surface area contributed by atoms with Crippen LogP contribution in [0.5, 0.6) is 0 Å². The molecule has 0 spiro atoms. The molecule has 5 heteroatoms. The van der Waals surface area contributed by atoms with Gasteiger partial charge in [-0.25, -0.2) is 4.39 Å². The van der Waals surface area contributed by atoms with Crippen molar-refractivity contribution in [3.8, 4) is 0 Å². The van der Waals surface area contributed by atoms with E-state index in [-0.39, 0.29) is 18.5 Å². The third-order valence-electron chi connectivity index (χ3n) is 3.61. The molecular formula is C14H22FN3O. The standard InChI is InChI=1S/C14H22FN3O/c1-11(16)14-12(15)3-2-4-13(14)18-7-5-17(6-8-18)9-10-19/h2-4,11,19H,5-10,16H2,1H3/t11-/m0/s1. The molecule has 0 aromatic heterocycles. The van der Waals surface area contributed by atoms with Crippen molar-refractivity contribution in [2.24, 2.45) is 5.73 Å². The van der Waals surface area contributed by atoms with Crippen LogP contribution in [-0.4, -0.2) is 49.3 Å². The number of benzene rings is 1. The van der Waals surface area contributed by atoms with Crippen LogP contribution in [0.2, 0.25) is 0 Å². The zero-order chi connectivity index (χ0) is 13.8. The first-order valence-corrected chi connectivity index (χ1v) is 6.75. The maximum atomic E-state index is 13.9.